The molecule has 0 fully saturated rings. The number of fused-ring (bicyclic) bond motifs is 1. The lowest BCUT2D eigenvalue weighted by molar-refractivity contribution is 0.354. The molecule has 0 radical (unpaired) electrons. The molecule has 0 spiro atoms. The molecule has 0 saturated carbocycles. The number of hydrogen-bond acceptors (Lipinski definition) is 4. The van der Waals surface area contributed by atoms with Crippen molar-refractivity contribution in [2.24, 2.45) is 0 Å². The highest BCUT2D eigenvalue weighted by Crippen LogP contribution is 2.28. The minimum absolute atomic E-state index is 0.723. The molecular weight excluding hydrogens is 278 g/mol. The molecule has 2 heterocycles. The summed E-state index contributed by atoms with van der Waals surface area (Å²) >= 11 is 0. The highest BCUT2D eigenvalue weighted by molar-refractivity contribution is 5.54. The van der Waals surface area contributed by atoms with Gasteiger partial charge in [-0.3, -0.25) is 0 Å². The van der Waals surface area contributed by atoms with E-state index in [0.29, 0.717) is 0 Å². The van der Waals surface area contributed by atoms with Crippen molar-refractivity contribution in [2.75, 3.05) is 20.0 Å². The molecule has 22 heavy (non-hydrogen) atoms. The quantitative estimate of drug-likeness (QED) is 0.804. The molecule has 114 valence electrons. The highest BCUT2D eigenvalue weighted by Gasteiger charge is 2.08. The molecular formula is C17H19N3O2. The predicted molar refractivity (Wildman–Crippen MR) is 86.7 cm³/mol. The van der Waals surface area contributed by atoms with E-state index >= 15 is 0 Å². The number of rotatable bonds is 4. The van der Waals surface area contributed by atoms with Gasteiger partial charge < -0.3 is 19.6 Å². The van der Waals surface area contributed by atoms with Crippen LogP contribution in [-0.2, 0) is 6.42 Å². The van der Waals surface area contributed by atoms with Gasteiger partial charge in [0.15, 0.2) is 11.5 Å². The zero-order valence-corrected chi connectivity index (χ0v) is 13.0. The molecule has 0 aliphatic carbocycles. The van der Waals surface area contributed by atoms with Gasteiger partial charge >= 0.3 is 0 Å². The summed E-state index contributed by atoms with van der Waals surface area (Å²) in [5.41, 5.74) is 10.7. The fourth-order valence-corrected chi connectivity index (χ4v) is 2.48. The van der Waals surface area contributed by atoms with Crippen LogP contribution in [0.5, 0.6) is 11.5 Å². The third-order valence-corrected chi connectivity index (χ3v) is 3.72. The Morgan fingerprint density at radius 2 is 1.86 bits per heavy atom. The predicted octanol–water partition coefficient (Wildman–Crippen LogP) is 2.83. The van der Waals surface area contributed by atoms with E-state index in [0.717, 1.165) is 46.1 Å². The van der Waals surface area contributed by atoms with Crippen LogP contribution in [0.1, 0.15) is 16.8 Å². The number of hydrogen-bond donors (Lipinski definition) is 1. The molecule has 0 bridgehead atoms. The van der Waals surface area contributed by atoms with Crippen molar-refractivity contribution >= 4 is 11.3 Å². The first kappa shape index (κ1) is 14.3. The van der Waals surface area contributed by atoms with E-state index in [9.17, 15) is 0 Å². The van der Waals surface area contributed by atoms with Crippen LogP contribution in [0, 0.1) is 6.92 Å². The zero-order chi connectivity index (χ0) is 15.7. The lowest BCUT2D eigenvalue weighted by Crippen LogP contribution is -1.94. The van der Waals surface area contributed by atoms with Gasteiger partial charge in [0.05, 0.1) is 25.6 Å². The summed E-state index contributed by atoms with van der Waals surface area (Å²) in [5, 5.41) is 0. The van der Waals surface area contributed by atoms with Crippen molar-refractivity contribution in [1.82, 2.24) is 9.38 Å². The number of aryl methyl sites for hydroxylation is 1. The number of nitrogen functional groups attached to an aromatic ring is 1. The van der Waals surface area contributed by atoms with Crippen molar-refractivity contribution in [3.63, 3.8) is 0 Å². The highest BCUT2D eigenvalue weighted by atomic mass is 16.5. The molecule has 5 heteroatoms. The van der Waals surface area contributed by atoms with Gasteiger partial charge in [-0.2, -0.15) is 0 Å². The van der Waals surface area contributed by atoms with Crippen molar-refractivity contribution in [2.45, 2.75) is 13.3 Å². The Kier molecular flexibility index (Phi) is 3.63. The van der Waals surface area contributed by atoms with E-state index in [1.807, 2.05) is 48.0 Å². The maximum absolute atomic E-state index is 5.94. The van der Waals surface area contributed by atoms with Gasteiger partial charge in [0, 0.05) is 18.8 Å². The van der Waals surface area contributed by atoms with Gasteiger partial charge in [0.25, 0.3) is 0 Å². The number of nitrogens with two attached hydrogens (primary N) is 1. The molecule has 2 aromatic heterocycles. The first-order valence-corrected chi connectivity index (χ1v) is 7.05. The molecule has 0 amide bonds. The van der Waals surface area contributed by atoms with Crippen LogP contribution < -0.4 is 15.2 Å². The van der Waals surface area contributed by atoms with Gasteiger partial charge in [-0.05, 0) is 36.2 Å². The Hall–Kier alpha value is -2.69. The van der Waals surface area contributed by atoms with Crippen molar-refractivity contribution in [3.05, 3.63) is 53.5 Å². The largest absolute Gasteiger partial charge is 0.493 e. The first-order valence-electron chi connectivity index (χ1n) is 7.05. The average Bonchev–Trinajstić information content (AvgIpc) is 2.88. The van der Waals surface area contributed by atoms with E-state index in [1.54, 1.807) is 14.2 Å². The van der Waals surface area contributed by atoms with E-state index in [2.05, 4.69) is 4.98 Å². The SMILES string of the molecule is COc1ccc(Cc2cn3cc(N)c(C)cc3n2)cc1OC. The van der Waals surface area contributed by atoms with E-state index in [1.165, 1.54) is 0 Å². The molecule has 2 N–H and O–H groups in total. The fourth-order valence-electron chi connectivity index (χ4n) is 2.48. The van der Waals surface area contributed by atoms with E-state index < -0.39 is 0 Å². The molecule has 3 rings (SSSR count). The molecule has 0 aliphatic heterocycles. The summed E-state index contributed by atoms with van der Waals surface area (Å²) in [4.78, 5) is 4.64. The molecule has 5 nitrogen and oxygen atoms in total. The smallest absolute Gasteiger partial charge is 0.160 e. The summed E-state index contributed by atoms with van der Waals surface area (Å²) in [5.74, 6) is 1.45. The number of ether oxygens (including phenoxy) is 2. The van der Waals surface area contributed by atoms with Gasteiger partial charge in [-0.15, -0.1) is 0 Å². The molecule has 0 saturated heterocycles. The van der Waals surface area contributed by atoms with E-state index in [-0.39, 0.29) is 0 Å². The van der Waals surface area contributed by atoms with Crippen molar-refractivity contribution in [3.8, 4) is 11.5 Å². The third kappa shape index (κ3) is 2.57. The van der Waals surface area contributed by atoms with Crippen LogP contribution in [0.25, 0.3) is 5.65 Å². The van der Waals surface area contributed by atoms with Gasteiger partial charge in [0.2, 0.25) is 0 Å². The van der Waals surface area contributed by atoms with Crippen LogP contribution in [-0.4, -0.2) is 23.6 Å². The van der Waals surface area contributed by atoms with Crippen LogP contribution in [0.4, 0.5) is 5.69 Å². The summed E-state index contributed by atoms with van der Waals surface area (Å²) in [6, 6.07) is 7.90. The monoisotopic (exact) mass is 297 g/mol. The first-order chi connectivity index (χ1) is 10.6. The molecule has 1 aromatic carbocycles. The number of nitrogens with zero attached hydrogens (tertiary/aromatic N) is 2. The normalized spacial score (nSPS) is 10.9. The number of imidazole rings is 1. The number of anilines is 1. The lowest BCUT2D eigenvalue weighted by atomic mass is 10.1. The maximum Gasteiger partial charge on any atom is 0.160 e. The second-order valence-electron chi connectivity index (χ2n) is 5.28. The summed E-state index contributed by atoms with van der Waals surface area (Å²) in [7, 11) is 3.27. The maximum atomic E-state index is 5.94. The third-order valence-electron chi connectivity index (χ3n) is 3.72. The fraction of sp³-hybridized carbons (Fsp3) is 0.235. The molecule has 0 unspecified atom stereocenters. The second kappa shape index (κ2) is 5.60. The minimum Gasteiger partial charge on any atom is -0.493 e. The molecule has 0 atom stereocenters. The minimum atomic E-state index is 0.723. The summed E-state index contributed by atoms with van der Waals surface area (Å²) < 4.78 is 12.6. The Morgan fingerprint density at radius 1 is 1.09 bits per heavy atom. The molecule has 0 aliphatic rings. The Morgan fingerprint density at radius 3 is 2.59 bits per heavy atom. The Bertz CT molecular complexity index is 785. The Balaban J connectivity index is 1.92. The standard InChI is InChI=1S/C17H19N3O2/c1-11-6-17-19-13(9-20(17)10-14(11)18)7-12-4-5-15(21-2)16(8-12)22-3/h4-6,8-10H,7,18H2,1-3H3. The van der Waals surface area contributed by atoms with Gasteiger partial charge in [-0.25, -0.2) is 4.98 Å². The van der Waals surface area contributed by atoms with Crippen LogP contribution in [0.15, 0.2) is 36.7 Å². The Labute approximate surface area is 129 Å². The topological polar surface area (TPSA) is 61.8 Å². The van der Waals surface area contributed by atoms with Crippen LogP contribution in [0.2, 0.25) is 0 Å². The number of benzene rings is 1. The van der Waals surface area contributed by atoms with Crippen molar-refractivity contribution < 1.29 is 9.47 Å². The lowest BCUT2D eigenvalue weighted by Gasteiger charge is -2.08. The van der Waals surface area contributed by atoms with Gasteiger partial charge in [-0.1, -0.05) is 6.07 Å². The second-order valence-corrected chi connectivity index (χ2v) is 5.28. The summed E-state index contributed by atoms with van der Waals surface area (Å²) in [6.45, 7) is 1.98. The number of methoxy groups -OCH3 is 2. The number of aromatic nitrogens is 2. The van der Waals surface area contributed by atoms with Crippen LogP contribution in [0.3, 0.4) is 0 Å². The zero-order valence-electron chi connectivity index (χ0n) is 13.0. The van der Waals surface area contributed by atoms with Gasteiger partial charge in [0.1, 0.15) is 5.65 Å². The number of pyridine rings is 1. The van der Waals surface area contributed by atoms with E-state index in [4.69, 9.17) is 15.2 Å². The van der Waals surface area contributed by atoms with Crippen molar-refractivity contribution in [1.29, 1.82) is 0 Å². The van der Waals surface area contributed by atoms with Crippen LogP contribution >= 0.6 is 0 Å². The summed E-state index contributed by atoms with van der Waals surface area (Å²) in [6.07, 6.45) is 4.62. The molecule has 3 aromatic rings. The average molecular weight is 297 g/mol.